The topological polar surface area (TPSA) is 39.9 Å². The van der Waals surface area contributed by atoms with Gasteiger partial charge in [0.1, 0.15) is 17.9 Å². The lowest BCUT2D eigenvalue weighted by molar-refractivity contribution is 0.302. The molecule has 0 N–H and O–H groups in total. The van der Waals surface area contributed by atoms with Crippen molar-refractivity contribution in [3.63, 3.8) is 0 Å². The molecule has 4 nitrogen and oxygen atoms in total. The summed E-state index contributed by atoms with van der Waals surface area (Å²) in [5, 5.41) is 1.14. The predicted molar refractivity (Wildman–Crippen MR) is 114 cm³/mol. The van der Waals surface area contributed by atoms with Gasteiger partial charge in [0.25, 0.3) is 0 Å². The van der Waals surface area contributed by atoms with E-state index in [1.807, 2.05) is 36.4 Å². The first-order valence-electron chi connectivity index (χ1n) is 9.54. The molecule has 28 heavy (non-hydrogen) atoms. The molecule has 5 aromatic rings. The fourth-order valence-corrected chi connectivity index (χ4v) is 3.78. The molecule has 0 amide bonds. The minimum Gasteiger partial charge on any atom is -0.492 e. The van der Waals surface area contributed by atoms with Crippen LogP contribution in [0, 0.1) is 13.8 Å². The molecule has 0 saturated carbocycles. The SMILES string of the molecule is Cc1ccc(OCCn2c3nc4ccccc4nc3c3cccc(C)c32)cc1. The smallest absolute Gasteiger partial charge is 0.160 e. The zero-order valence-corrected chi connectivity index (χ0v) is 16.0. The average Bonchev–Trinajstić information content (AvgIpc) is 3.02. The Bertz CT molecular complexity index is 1300. The Hall–Kier alpha value is -3.40. The Morgan fingerprint density at radius 1 is 0.821 bits per heavy atom. The summed E-state index contributed by atoms with van der Waals surface area (Å²) in [5.41, 5.74) is 7.33. The van der Waals surface area contributed by atoms with Crippen LogP contribution in [0.3, 0.4) is 0 Å². The van der Waals surface area contributed by atoms with Gasteiger partial charge in [0, 0.05) is 5.39 Å². The second-order valence-electron chi connectivity index (χ2n) is 7.17. The molecule has 0 unspecified atom stereocenters. The van der Waals surface area contributed by atoms with Crippen molar-refractivity contribution in [2.45, 2.75) is 20.4 Å². The van der Waals surface area contributed by atoms with Crippen molar-refractivity contribution in [3.8, 4) is 5.75 Å². The Morgan fingerprint density at radius 3 is 2.36 bits per heavy atom. The number of rotatable bonds is 4. The maximum Gasteiger partial charge on any atom is 0.160 e. The van der Waals surface area contributed by atoms with E-state index >= 15 is 0 Å². The number of aryl methyl sites for hydroxylation is 2. The number of para-hydroxylation sites is 3. The van der Waals surface area contributed by atoms with E-state index in [1.165, 1.54) is 16.6 Å². The molecule has 0 aliphatic rings. The Labute approximate surface area is 163 Å². The van der Waals surface area contributed by atoms with Crippen LogP contribution in [0.15, 0.2) is 66.7 Å². The average molecular weight is 367 g/mol. The number of aromatic nitrogens is 3. The van der Waals surface area contributed by atoms with Crippen LogP contribution in [-0.4, -0.2) is 21.1 Å². The van der Waals surface area contributed by atoms with Gasteiger partial charge in [-0.05, 0) is 43.7 Å². The van der Waals surface area contributed by atoms with Crippen molar-refractivity contribution in [2.75, 3.05) is 6.61 Å². The molecule has 0 aliphatic heterocycles. The third-order valence-electron chi connectivity index (χ3n) is 5.18. The molecule has 3 aromatic carbocycles. The Morgan fingerprint density at radius 2 is 1.57 bits per heavy atom. The zero-order valence-electron chi connectivity index (χ0n) is 16.0. The molecule has 2 heterocycles. The van der Waals surface area contributed by atoms with Gasteiger partial charge in [-0.15, -0.1) is 0 Å². The van der Waals surface area contributed by atoms with Gasteiger partial charge < -0.3 is 9.30 Å². The first kappa shape index (κ1) is 16.8. The fraction of sp³-hybridized carbons (Fsp3) is 0.167. The van der Waals surface area contributed by atoms with Crippen molar-refractivity contribution in [1.29, 1.82) is 0 Å². The lowest BCUT2D eigenvalue weighted by Crippen LogP contribution is -2.09. The highest BCUT2D eigenvalue weighted by atomic mass is 16.5. The maximum atomic E-state index is 5.99. The van der Waals surface area contributed by atoms with Crippen molar-refractivity contribution in [1.82, 2.24) is 14.5 Å². The van der Waals surface area contributed by atoms with Gasteiger partial charge in [-0.1, -0.05) is 48.0 Å². The van der Waals surface area contributed by atoms with Gasteiger partial charge in [0.2, 0.25) is 0 Å². The van der Waals surface area contributed by atoms with Crippen LogP contribution in [0.25, 0.3) is 33.1 Å². The number of fused-ring (bicyclic) bond motifs is 4. The molecule has 0 bridgehead atoms. The molecule has 0 saturated heterocycles. The van der Waals surface area contributed by atoms with E-state index in [2.05, 4.69) is 48.7 Å². The van der Waals surface area contributed by atoms with E-state index in [-0.39, 0.29) is 0 Å². The van der Waals surface area contributed by atoms with E-state index in [1.54, 1.807) is 0 Å². The monoisotopic (exact) mass is 367 g/mol. The lowest BCUT2D eigenvalue weighted by atomic mass is 10.1. The van der Waals surface area contributed by atoms with Crippen molar-refractivity contribution in [2.24, 2.45) is 0 Å². The summed E-state index contributed by atoms with van der Waals surface area (Å²) >= 11 is 0. The molecule has 5 rings (SSSR count). The highest BCUT2D eigenvalue weighted by molar-refractivity contribution is 6.07. The standard InChI is InChI=1S/C24H21N3O/c1-16-10-12-18(13-11-16)28-15-14-27-23-17(2)6-5-7-19(23)22-24(27)26-21-9-4-3-8-20(21)25-22/h3-13H,14-15H2,1-2H3. The maximum absolute atomic E-state index is 5.99. The zero-order chi connectivity index (χ0) is 19.1. The number of ether oxygens (including phenoxy) is 1. The van der Waals surface area contributed by atoms with Gasteiger partial charge in [0.05, 0.1) is 23.1 Å². The van der Waals surface area contributed by atoms with Crippen LogP contribution < -0.4 is 4.74 Å². The number of hydrogen-bond acceptors (Lipinski definition) is 3. The van der Waals surface area contributed by atoms with E-state index in [9.17, 15) is 0 Å². The number of hydrogen-bond donors (Lipinski definition) is 0. The van der Waals surface area contributed by atoms with E-state index in [0.29, 0.717) is 13.2 Å². The fourth-order valence-electron chi connectivity index (χ4n) is 3.78. The molecular weight excluding hydrogens is 346 g/mol. The van der Waals surface area contributed by atoms with Gasteiger partial charge in [-0.2, -0.15) is 0 Å². The highest BCUT2D eigenvalue weighted by Crippen LogP contribution is 2.30. The molecular formula is C24H21N3O. The van der Waals surface area contributed by atoms with Gasteiger partial charge >= 0.3 is 0 Å². The number of benzene rings is 3. The summed E-state index contributed by atoms with van der Waals surface area (Å²) in [6.07, 6.45) is 0. The third-order valence-corrected chi connectivity index (χ3v) is 5.18. The normalized spacial score (nSPS) is 11.5. The van der Waals surface area contributed by atoms with E-state index in [4.69, 9.17) is 14.7 Å². The second kappa shape index (κ2) is 6.64. The van der Waals surface area contributed by atoms with Crippen LogP contribution in [0.5, 0.6) is 5.75 Å². The molecule has 0 radical (unpaired) electrons. The summed E-state index contributed by atoms with van der Waals surface area (Å²) in [7, 11) is 0. The van der Waals surface area contributed by atoms with E-state index < -0.39 is 0 Å². The van der Waals surface area contributed by atoms with E-state index in [0.717, 1.165) is 33.3 Å². The van der Waals surface area contributed by atoms with Crippen molar-refractivity contribution >= 4 is 33.1 Å². The number of nitrogens with zero attached hydrogens (tertiary/aromatic N) is 3. The van der Waals surface area contributed by atoms with Gasteiger partial charge in [-0.25, -0.2) is 9.97 Å². The molecule has 0 atom stereocenters. The summed E-state index contributed by atoms with van der Waals surface area (Å²) < 4.78 is 8.23. The molecule has 0 fully saturated rings. The Kier molecular flexibility index (Phi) is 3.97. The first-order chi connectivity index (χ1) is 13.7. The van der Waals surface area contributed by atoms with Gasteiger partial charge in [-0.3, -0.25) is 0 Å². The molecule has 0 spiro atoms. The summed E-state index contributed by atoms with van der Waals surface area (Å²) in [6.45, 7) is 5.50. The minimum absolute atomic E-state index is 0.574. The van der Waals surface area contributed by atoms with Crippen LogP contribution in [0.1, 0.15) is 11.1 Å². The van der Waals surface area contributed by atoms with Crippen LogP contribution >= 0.6 is 0 Å². The first-order valence-corrected chi connectivity index (χ1v) is 9.54. The quantitative estimate of drug-likeness (QED) is 0.425. The summed E-state index contributed by atoms with van der Waals surface area (Å²) in [4.78, 5) is 9.86. The van der Waals surface area contributed by atoms with Crippen LogP contribution in [0.4, 0.5) is 0 Å². The molecule has 0 aliphatic carbocycles. The van der Waals surface area contributed by atoms with Crippen molar-refractivity contribution in [3.05, 3.63) is 77.9 Å². The third kappa shape index (κ3) is 2.78. The highest BCUT2D eigenvalue weighted by Gasteiger charge is 2.15. The largest absolute Gasteiger partial charge is 0.492 e. The van der Waals surface area contributed by atoms with Crippen molar-refractivity contribution < 1.29 is 4.74 Å². The predicted octanol–water partition coefficient (Wildman–Crippen LogP) is 5.43. The second-order valence-corrected chi connectivity index (χ2v) is 7.17. The molecule has 4 heteroatoms. The molecule has 2 aromatic heterocycles. The van der Waals surface area contributed by atoms with Crippen LogP contribution in [0.2, 0.25) is 0 Å². The Balaban J connectivity index is 1.60. The summed E-state index contributed by atoms with van der Waals surface area (Å²) in [5.74, 6) is 0.889. The molecule has 138 valence electrons. The van der Waals surface area contributed by atoms with Gasteiger partial charge in [0.15, 0.2) is 5.65 Å². The van der Waals surface area contributed by atoms with Crippen LogP contribution in [-0.2, 0) is 6.54 Å². The summed E-state index contributed by atoms with van der Waals surface area (Å²) in [6, 6.07) is 22.5. The minimum atomic E-state index is 0.574. The lowest BCUT2D eigenvalue weighted by Gasteiger charge is -2.10.